The summed E-state index contributed by atoms with van der Waals surface area (Å²) in [5.41, 5.74) is 2.71. The Kier molecular flexibility index (Phi) is 3.96. The molecule has 0 aliphatic carbocycles. The van der Waals surface area contributed by atoms with Gasteiger partial charge in [0.05, 0.1) is 6.10 Å². The summed E-state index contributed by atoms with van der Waals surface area (Å²) in [4.78, 5) is 0. The summed E-state index contributed by atoms with van der Waals surface area (Å²) >= 11 is 0. The second-order valence-electron chi connectivity index (χ2n) is 4.82. The number of aryl methyl sites for hydroxylation is 2. The van der Waals surface area contributed by atoms with Gasteiger partial charge in [-0.3, -0.25) is 0 Å². The first-order chi connectivity index (χ1) is 8.97. The smallest absolute Gasteiger partial charge is 0.129 e. The lowest BCUT2D eigenvalue weighted by molar-refractivity contribution is 0.173. The van der Waals surface area contributed by atoms with Crippen LogP contribution in [0.3, 0.4) is 0 Å². The van der Waals surface area contributed by atoms with Crippen LogP contribution < -0.4 is 0 Å². The number of aliphatic hydroxyl groups excluding tert-OH is 1. The predicted molar refractivity (Wildman–Crippen MR) is 70.9 cm³/mol. The number of halogens is 2. The van der Waals surface area contributed by atoms with Crippen molar-refractivity contribution in [1.29, 1.82) is 0 Å². The van der Waals surface area contributed by atoms with Crippen LogP contribution in [0.25, 0.3) is 0 Å². The minimum Gasteiger partial charge on any atom is -0.388 e. The van der Waals surface area contributed by atoms with Gasteiger partial charge in [0.25, 0.3) is 0 Å². The fourth-order valence-electron chi connectivity index (χ4n) is 2.10. The monoisotopic (exact) mass is 262 g/mol. The van der Waals surface area contributed by atoms with Crippen LogP contribution in [-0.4, -0.2) is 5.11 Å². The molecule has 100 valence electrons. The van der Waals surface area contributed by atoms with Crippen molar-refractivity contribution >= 4 is 0 Å². The summed E-state index contributed by atoms with van der Waals surface area (Å²) < 4.78 is 26.9. The van der Waals surface area contributed by atoms with Crippen LogP contribution in [0.15, 0.2) is 36.4 Å². The molecule has 0 bridgehead atoms. The fourth-order valence-corrected chi connectivity index (χ4v) is 2.10. The quantitative estimate of drug-likeness (QED) is 0.890. The van der Waals surface area contributed by atoms with Crippen molar-refractivity contribution in [1.82, 2.24) is 0 Å². The molecule has 0 amide bonds. The van der Waals surface area contributed by atoms with E-state index in [0.717, 1.165) is 11.1 Å². The molecule has 1 nitrogen and oxygen atoms in total. The minimum atomic E-state index is -0.972. The highest BCUT2D eigenvalue weighted by Crippen LogP contribution is 2.24. The first-order valence-electron chi connectivity index (χ1n) is 6.16. The van der Waals surface area contributed by atoms with E-state index >= 15 is 0 Å². The largest absolute Gasteiger partial charge is 0.388 e. The van der Waals surface area contributed by atoms with Gasteiger partial charge < -0.3 is 5.11 Å². The summed E-state index contributed by atoms with van der Waals surface area (Å²) in [6.07, 6.45) is -0.773. The van der Waals surface area contributed by atoms with Gasteiger partial charge in [-0.25, -0.2) is 8.78 Å². The molecule has 19 heavy (non-hydrogen) atoms. The Bertz CT molecular complexity index is 593. The molecule has 0 aliphatic rings. The number of hydrogen-bond acceptors (Lipinski definition) is 1. The van der Waals surface area contributed by atoms with Crippen molar-refractivity contribution in [2.24, 2.45) is 0 Å². The van der Waals surface area contributed by atoms with E-state index in [2.05, 4.69) is 0 Å². The van der Waals surface area contributed by atoms with Gasteiger partial charge >= 0.3 is 0 Å². The Balaban J connectivity index is 2.27. The van der Waals surface area contributed by atoms with E-state index in [1.165, 1.54) is 18.2 Å². The van der Waals surface area contributed by atoms with Crippen molar-refractivity contribution in [2.45, 2.75) is 26.4 Å². The average molecular weight is 262 g/mol. The highest BCUT2D eigenvalue weighted by molar-refractivity contribution is 5.31. The molecule has 2 rings (SSSR count). The van der Waals surface area contributed by atoms with Crippen molar-refractivity contribution in [3.05, 3.63) is 70.3 Å². The molecule has 0 radical (unpaired) electrons. The molecule has 0 aliphatic heterocycles. The number of benzene rings is 2. The molecule has 0 spiro atoms. The Labute approximate surface area is 111 Å². The summed E-state index contributed by atoms with van der Waals surface area (Å²) in [7, 11) is 0. The van der Waals surface area contributed by atoms with Crippen molar-refractivity contribution < 1.29 is 13.9 Å². The molecule has 1 atom stereocenters. The van der Waals surface area contributed by atoms with E-state index in [9.17, 15) is 13.9 Å². The summed E-state index contributed by atoms with van der Waals surface area (Å²) in [6.45, 7) is 3.68. The molecule has 1 unspecified atom stereocenters. The van der Waals surface area contributed by atoms with Gasteiger partial charge in [0.2, 0.25) is 0 Å². The van der Waals surface area contributed by atoms with Gasteiger partial charge in [0.15, 0.2) is 0 Å². The SMILES string of the molecule is Cc1ccc(F)c(C(O)Cc2cc(F)ccc2C)c1. The summed E-state index contributed by atoms with van der Waals surface area (Å²) in [5.74, 6) is -0.787. The third-order valence-electron chi connectivity index (χ3n) is 3.23. The molecule has 3 heteroatoms. The Morgan fingerprint density at radius 3 is 2.53 bits per heavy atom. The zero-order chi connectivity index (χ0) is 14.0. The van der Waals surface area contributed by atoms with Gasteiger partial charge in [0, 0.05) is 12.0 Å². The van der Waals surface area contributed by atoms with Gasteiger partial charge in [0.1, 0.15) is 11.6 Å². The van der Waals surface area contributed by atoms with E-state index < -0.39 is 11.9 Å². The zero-order valence-electron chi connectivity index (χ0n) is 11.0. The molecule has 0 saturated carbocycles. The van der Waals surface area contributed by atoms with E-state index in [0.29, 0.717) is 5.56 Å². The first kappa shape index (κ1) is 13.7. The maximum absolute atomic E-state index is 13.7. The van der Waals surface area contributed by atoms with E-state index in [-0.39, 0.29) is 17.8 Å². The predicted octanol–water partition coefficient (Wildman–Crippen LogP) is 3.86. The van der Waals surface area contributed by atoms with Crippen LogP contribution in [0.5, 0.6) is 0 Å². The fraction of sp³-hybridized carbons (Fsp3) is 0.250. The Morgan fingerprint density at radius 2 is 1.79 bits per heavy atom. The maximum Gasteiger partial charge on any atom is 0.129 e. The van der Waals surface area contributed by atoms with Crippen LogP contribution in [0.4, 0.5) is 8.78 Å². The molecule has 1 N–H and O–H groups in total. The highest BCUT2D eigenvalue weighted by Gasteiger charge is 2.15. The van der Waals surface area contributed by atoms with Crippen LogP contribution >= 0.6 is 0 Å². The van der Waals surface area contributed by atoms with Crippen LogP contribution in [0.2, 0.25) is 0 Å². The molecule has 2 aromatic rings. The summed E-state index contributed by atoms with van der Waals surface area (Å²) in [5, 5.41) is 10.1. The first-order valence-corrected chi connectivity index (χ1v) is 6.16. The lowest BCUT2D eigenvalue weighted by atomic mass is 9.97. The lowest BCUT2D eigenvalue weighted by Gasteiger charge is -2.14. The molecule has 0 aromatic heterocycles. The number of hydrogen-bond donors (Lipinski definition) is 1. The van der Waals surface area contributed by atoms with Crippen molar-refractivity contribution in [2.75, 3.05) is 0 Å². The number of rotatable bonds is 3. The van der Waals surface area contributed by atoms with Gasteiger partial charge in [-0.1, -0.05) is 23.8 Å². The van der Waals surface area contributed by atoms with Gasteiger partial charge in [-0.2, -0.15) is 0 Å². The second kappa shape index (κ2) is 5.49. The topological polar surface area (TPSA) is 20.2 Å². The normalized spacial score (nSPS) is 12.5. The minimum absolute atomic E-state index is 0.198. The maximum atomic E-state index is 13.7. The molecular formula is C16H16F2O. The standard InChI is InChI=1S/C16H16F2O/c1-10-3-6-15(18)14(7-10)16(19)9-12-8-13(17)5-4-11(12)2/h3-8,16,19H,9H2,1-2H3. The van der Waals surface area contributed by atoms with Crippen LogP contribution in [-0.2, 0) is 6.42 Å². The lowest BCUT2D eigenvalue weighted by Crippen LogP contribution is -2.06. The van der Waals surface area contributed by atoms with E-state index in [4.69, 9.17) is 0 Å². The zero-order valence-corrected chi connectivity index (χ0v) is 11.0. The molecule has 0 heterocycles. The van der Waals surface area contributed by atoms with Crippen molar-refractivity contribution in [3.63, 3.8) is 0 Å². The second-order valence-corrected chi connectivity index (χ2v) is 4.82. The molecular weight excluding hydrogens is 246 g/mol. The number of aliphatic hydroxyl groups is 1. The Morgan fingerprint density at radius 1 is 1.05 bits per heavy atom. The third-order valence-corrected chi connectivity index (χ3v) is 3.23. The van der Waals surface area contributed by atoms with Crippen LogP contribution in [0.1, 0.15) is 28.4 Å². The highest BCUT2D eigenvalue weighted by atomic mass is 19.1. The van der Waals surface area contributed by atoms with E-state index in [1.807, 2.05) is 13.8 Å². The van der Waals surface area contributed by atoms with E-state index in [1.54, 1.807) is 18.2 Å². The summed E-state index contributed by atoms with van der Waals surface area (Å²) in [6, 6.07) is 9.02. The van der Waals surface area contributed by atoms with Gasteiger partial charge in [-0.15, -0.1) is 0 Å². The Hall–Kier alpha value is -1.74. The third kappa shape index (κ3) is 3.18. The molecule has 0 fully saturated rings. The molecule has 2 aromatic carbocycles. The van der Waals surface area contributed by atoms with Crippen LogP contribution in [0, 0.1) is 25.5 Å². The average Bonchev–Trinajstić information content (AvgIpc) is 2.36. The van der Waals surface area contributed by atoms with Crippen molar-refractivity contribution in [3.8, 4) is 0 Å². The van der Waals surface area contributed by atoms with Gasteiger partial charge in [-0.05, 0) is 43.2 Å². The molecule has 0 saturated heterocycles.